The predicted molar refractivity (Wildman–Crippen MR) is 105 cm³/mol. The molecule has 0 radical (unpaired) electrons. The lowest BCUT2D eigenvalue weighted by Gasteiger charge is -2.34. The second-order valence-electron chi connectivity index (χ2n) is 7.06. The lowest BCUT2D eigenvalue weighted by molar-refractivity contribution is 0.103. The fraction of sp³-hybridized carbons (Fsp3) is 0.450. The first-order chi connectivity index (χ1) is 12.2. The van der Waals surface area contributed by atoms with Crippen molar-refractivity contribution in [3.05, 3.63) is 45.6 Å². The maximum Gasteiger partial charge on any atom is 0.265 e. The minimum Gasteiger partial charge on any atom is -0.369 e. The molecule has 1 aromatic carbocycles. The second-order valence-corrected chi connectivity index (χ2v) is 8.19. The summed E-state index contributed by atoms with van der Waals surface area (Å²) in [5.74, 6) is 0.0201. The van der Waals surface area contributed by atoms with E-state index in [1.807, 2.05) is 12.1 Å². The van der Waals surface area contributed by atoms with E-state index in [9.17, 15) is 4.79 Å². The van der Waals surface area contributed by atoms with Crippen LogP contribution in [-0.2, 0) is 12.8 Å². The minimum absolute atomic E-state index is 0.0201. The summed E-state index contributed by atoms with van der Waals surface area (Å²) in [6.07, 6.45) is 4.76. The van der Waals surface area contributed by atoms with Crippen LogP contribution in [0.15, 0.2) is 30.3 Å². The highest BCUT2D eigenvalue weighted by Crippen LogP contribution is 2.30. The highest BCUT2D eigenvalue weighted by atomic mass is 32.1. The highest BCUT2D eigenvalue weighted by Gasteiger charge is 2.18. The van der Waals surface area contributed by atoms with Crippen LogP contribution < -0.4 is 10.2 Å². The standard InChI is InChI=1S/C20H25N3OS/c1-22-10-12-23(13-11-22)17-8-6-16(7-9-17)21-20(24)19-14-15-4-2-3-5-18(15)25-19/h6-9,14H,2-5,10-13H2,1H3,(H,21,24). The molecule has 1 N–H and O–H groups in total. The van der Waals surface area contributed by atoms with Crippen molar-refractivity contribution in [3.63, 3.8) is 0 Å². The Bertz CT molecular complexity index is 721. The zero-order chi connectivity index (χ0) is 17.2. The number of thiophene rings is 1. The number of hydrogen-bond acceptors (Lipinski definition) is 4. The Morgan fingerprint density at radius 3 is 2.48 bits per heavy atom. The Morgan fingerprint density at radius 1 is 1.04 bits per heavy atom. The van der Waals surface area contributed by atoms with Gasteiger partial charge in [-0.05, 0) is 68.6 Å². The third-order valence-corrected chi connectivity index (χ3v) is 6.45. The van der Waals surface area contributed by atoms with Gasteiger partial charge in [0.2, 0.25) is 0 Å². The lowest BCUT2D eigenvalue weighted by atomic mass is 9.99. The molecular formula is C20H25N3OS. The van der Waals surface area contributed by atoms with Crippen molar-refractivity contribution in [3.8, 4) is 0 Å². The number of fused-ring (bicyclic) bond motifs is 1. The topological polar surface area (TPSA) is 35.6 Å². The van der Waals surface area contributed by atoms with E-state index in [-0.39, 0.29) is 5.91 Å². The van der Waals surface area contributed by atoms with E-state index < -0.39 is 0 Å². The Balaban J connectivity index is 1.40. The molecule has 1 aromatic heterocycles. The van der Waals surface area contributed by atoms with Gasteiger partial charge in [0.05, 0.1) is 4.88 Å². The molecule has 1 aliphatic carbocycles. The number of aryl methyl sites for hydroxylation is 2. The molecule has 4 nitrogen and oxygen atoms in total. The van der Waals surface area contributed by atoms with E-state index in [0.717, 1.165) is 49.6 Å². The summed E-state index contributed by atoms with van der Waals surface area (Å²) in [4.78, 5) is 19.5. The number of rotatable bonds is 3. The van der Waals surface area contributed by atoms with Crippen LogP contribution in [0.25, 0.3) is 0 Å². The Hall–Kier alpha value is -1.85. The van der Waals surface area contributed by atoms with Crippen LogP contribution in [0.1, 0.15) is 33.0 Å². The summed E-state index contributed by atoms with van der Waals surface area (Å²) in [6.45, 7) is 4.31. The van der Waals surface area contributed by atoms with E-state index in [4.69, 9.17) is 0 Å². The fourth-order valence-electron chi connectivity index (χ4n) is 3.62. The van der Waals surface area contributed by atoms with Crippen molar-refractivity contribution < 1.29 is 4.79 Å². The number of carbonyl (C=O) groups excluding carboxylic acids is 1. The van der Waals surface area contributed by atoms with Crippen LogP contribution in [0, 0.1) is 0 Å². The van der Waals surface area contributed by atoms with Gasteiger partial charge in [0, 0.05) is 42.4 Å². The number of anilines is 2. The molecular weight excluding hydrogens is 330 g/mol. The Labute approximate surface area is 153 Å². The molecule has 0 atom stereocenters. The molecule has 4 rings (SSSR count). The van der Waals surface area contributed by atoms with E-state index in [2.05, 4.69) is 40.4 Å². The van der Waals surface area contributed by atoms with Crippen LogP contribution in [0.3, 0.4) is 0 Å². The van der Waals surface area contributed by atoms with E-state index >= 15 is 0 Å². The first kappa shape index (κ1) is 16.6. The molecule has 2 aliphatic rings. The van der Waals surface area contributed by atoms with Crippen molar-refractivity contribution in [1.29, 1.82) is 0 Å². The summed E-state index contributed by atoms with van der Waals surface area (Å²) in [7, 11) is 2.17. The third kappa shape index (κ3) is 3.72. The maximum absolute atomic E-state index is 12.5. The summed E-state index contributed by atoms with van der Waals surface area (Å²) in [6, 6.07) is 10.3. The fourth-order valence-corrected chi connectivity index (χ4v) is 4.76. The summed E-state index contributed by atoms with van der Waals surface area (Å²) in [5.41, 5.74) is 3.48. The van der Waals surface area contributed by atoms with Gasteiger partial charge in [-0.15, -0.1) is 11.3 Å². The molecule has 0 saturated carbocycles. The molecule has 5 heteroatoms. The van der Waals surface area contributed by atoms with Crippen molar-refractivity contribution in [2.24, 2.45) is 0 Å². The first-order valence-corrected chi connectivity index (χ1v) is 9.97. The van der Waals surface area contributed by atoms with E-state index in [1.165, 1.54) is 29.0 Å². The van der Waals surface area contributed by atoms with Gasteiger partial charge >= 0.3 is 0 Å². The van der Waals surface area contributed by atoms with Gasteiger partial charge in [0.1, 0.15) is 0 Å². The quantitative estimate of drug-likeness (QED) is 0.913. The monoisotopic (exact) mass is 355 g/mol. The Kier molecular flexibility index (Phi) is 4.77. The summed E-state index contributed by atoms with van der Waals surface area (Å²) in [5, 5.41) is 3.05. The molecule has 2 heterocycles. The van der Waals surface area contributed by atoms with Gasteiger partial charge < -0.3 is 15.1 Å². The lowest BCUT2D eigenvalue weighted by Crippen LogP contribution is -2.44. The smallest absolute Gasteiger partial charge is 0.265 e. The van der Waals surface area contributed by atoms with Crippen molar-refractivity contribution in [2.45, 2.75) is 25.7 Å². The summed E-state index contributed by atoms with van der Waals surface area (Å²) >= 11 is 1.66. The van der Waals surface area contributed by atoms with Crippen molar-refractivity contribution >= 4 is 28.6 Å². The number of amides is 1. The van der Waals surface area contributed by atoms with Gasteiger partial charge in [-0.3, -0.25) is 4.79 Å². The molecule has 1 fully saturated rings. The van der Waals surface area contributed by atoms with Gasteiger partial charge in [-0.1, -0.05) is 0 Å². The zero-order valence-corrected chi connectivity index (χ0v) is 15.6. The number of carbonyl (C=O) groups is 1. The SMILES string of the molecule is CN1CCN(c2ccc(NC(=O)c3cc4c(s3)CCCC4)cc2)CC1. The van der Waals surface area contributed by atoms with Gasteiger partial charge in [-0.25, -0.2) is 0 Å². The molecule has 132 valence electrons. The van der Waals surface area contributed by atoms with Crippen molar-refractivity contribution in [1.82, 2.24) is 4.90 Å². The molecule has 1 amide bonds. The largest absolute Gasteiger partial charge is 0.369 e. The molecule has 2 aromatic rings. The number of benzene rings is 1. The number of likely N-dealkylation sites (N-methyl/N-ethyl adjacent to an activating group) is 1. The van der Waals surface area contributed by atoms with Crippen LogP contribution >= 0.6 is 11.3 Å². The molecule has 0 bridgehead atoms. The van der Waals surface area contributed by atoms with Crippen molar-refractivity contribution in [2.75, 3.05) is 43.4 Å². The molecule has 1 saturated heterocycles. The van der Waals surface area contributed by atoms with Crippen LogP contribution in [0.5, 0.6) is 0 Å². The molecule has 0 unspecified atom stereocenters. The number of hydrogen-bond donors (Lipinski definition) is 1. The minimum atomic E-state index is 0.0201. The number of nitrogens with zero attached hydrogens (tertiary/aromatic N) is 2. The average molecular weight is 356 g/mol. The van der Waals surface area contributed by atoms with Gasteiger partial charge in [0.25, 0.3) is 5.91 Å². The molecule has 0 spiro atoms. The van der Waals surface area contributed by atoms with Gasteiger partial charge in [-0.2, -0.15) is 0 Å². The second kappa shape index (κ2) is 7.18. The summed E-state index contributed by atoms with van der Waals surface area (Å²) < 4.78 is 0. The predicted octanol–water partition coefficient (Wildman–Crippen LogP) is 3.63. The van der Waals surface area contributed by atoms with Crippen LogP contribution in [-0.4, -0.2) is 44.0 Å². The third-order valence-electron chi connectivity index (χ3n) is 5.21. The average Bonchev–Trinajstić information content (AvgIpc) is 3.07. The highest BCUT2D eigenvalue weighted by molar-refractivity contribution is 7.14. The van der Waals surface area contributed by atoms with E-state index in [0.29, 0.717) is 0 Å². The van der Waals surface area contributed by atoms with E-state index in [1.54, 1.807) is 11.3 Å². The Morgan fingerprint density at radius 2 is 1.76 bits per heavy atom. The number of piperazine rings is 1. The normalized spacial score (nSPS) is 18.0. The van der Waals surface area contributed by atoms with Crippen LogP contribution in [0.4, 0.5) is 11.4 Å². The molecule has 25 heavy (non-hydrogen) atoms. The first-order valence-electron chi connectivity index (χ1n) is 9.15. The van der Waals surface area contributed by atoms with Crippen LogP contribution in [0.2, 0.25) is 0 Å². The molecule has 1 aliphatic heterocycles. The maximum atomic E-state index is 12.5. The zero-order valence-electron chi connectivity index (χ0n) is 14.8. The van der Waals surface area contributed by atoms with Gasteiger partial charge in [0.15, 0.2) is 0 Å². The number of nitrogens with one attached hydrogen (secondary N) is 1.